The average Bonchev–Trinajstić information content (AvgIpc) is 2.64. The van der Waals surface area contributed by atoms with Gasteiger partial charge in [0.2, 0.25) is 0 Å². The Balaban J connectivity index is 2.11. The molecule has 0 spiro atoms. The van der Waals surface area contributed by atoms with Gasteiger partial charge in [-0.15, -0.1) is 0 Å². The molecule has 0 saturated heterocycles. The van der Waals surface area contributed by atoms with E-state index in [-0.39, 0.29) is 5.97 Å². The molecule has 1 N–H and O–H groups in total. The SMILES string of the molecule is CCOC(=O)C1=CCn2nccc2N1. The van der Waals surface area contributed by atoms with Gasteiger partial charge < -0.3 is 10.1 Å². The first-order valence-electron chi connectivity index (χ1n) is 4.47. The fourth-order valence-electron chi connectivity index (χ4n) is 1.29. The Morgan fingerprint density at radius 1 is 1.79 bits per heavy atom. The summed E-state index contributed by atoms with van der Waals surface area (Å²) in [5.74, 6) is 0.496. The van der Waals surface area contributed by atoms with E-state index in [0.717, 1.165) is 5.82 Å². The van der Waals surface area contributed by atoms with Crippen LogP contribution in [-0.2, 0) is 16.1 Å². The van der Waals surface area contributed by atoms with E-state index in [1.165, 1.54) is 0 Å². The van der Waals surface area contributed by atoms with Gasteiger partial charge in [0, 0.05) is 6.07 Å². The lowest BCUT2D eigenvalue weighted by atomic mass is 10.3. The van der Waals surface area contributed by atoms with Crippen molar-refractivity contribution in [2.45, 2.75) is 13.5 Å². The smallest absolute Gasteiger partial charge is 0.354 e. The minimum Gasteiger partial charge on any atom is -0.461 e. The van der Waals surface area contributed by atoms with Crippen LogP contribution in [0.3, 0.4) is 0 Å². The topological polar surface area (TPSA) is 56.2 Å². The van der Waals surface area contributed by atoms with Crippen molar-refractivity contribution in [1.82, 2.24) is 9.78 Å². The van der Waals surface area contributed by atoms with Gasteiger partial charge in [-0.2, -0.15) is 5.10 Å². The van der Waals surface area contributed by atoms with Crippen LogP contribution in [0.2, 0.25) is 0 Å². The lowest BCUT2D eigenvalue weighted by molar-refractivity contribution is -0.138. The van der Waals surface area contributed by atoms with Gasteiger partial charge in [-0.3, -0.25) is 0 Å². The van der Waals surface area contributed by atoms with Crippen LogP contribution in [0.5, 0.6) is 0 Å². The summed E-state index contributed by atoms with van der Waals surface area (Å²) >= 11 is 0. The van der Waals surface area contributed by atoms with E-state index in [0.29, 0.717) is 18.8 Å². The summed E-state index contributed by atoms with van der Waals surface area (Å²) in [4.78, 5) is 11.3. The van der Waals surface area contributed by atoms with Crippen molar-refractivity contribution in [2.75, 3.05) is 11.9 Å². The molecule has 0 atom stereocenters. The molecule has 0 unspecified atom stereocenters. The summed E-state index contributed by atoms with van der Waals surface area (Å²) in [6, 6.07) is 1.81. The zero-order valence-corrected chi connectivity index (χ0v) is 7.86. The van der Waals surface area contributed by atoms with E-state index >= 15 is 0 Å². The molecule has 0 radical (unpaired) electrons. The van der Waals surface area contributed by atoms with E-state index in [2.05, 4.69) is 10.4 Å². The lowest BCUT2D eigenvalue weighted by Gasteiger charge is -2.15. The summed E-state index contributed by atoms with van der Waals surface area (Å²) in [7, 11) is 0. The number of ether oxygens (including phenoxy) is 1. The van der Waals surface area contributed by atoms with E-state index in [1.54, 1.807) is 23.9 Å². The van der Waals surface area contributed by atoms with Gasteiger partial charge >= 0.3 is 5.97 Å². The number of aromatic nitrogens is 2. The highest BCUT2D eigenvalue weighted by atomic mass is 16.5. The molecule has 0 aromatic carbocycles. The van der Waals surface area contributed by atoms with Gasteiger partial charge in [0.05, 0.1) is 19.3 Å². The predicted octanol–water partition coefficient (Wildman–Crippen LogP) is 0.756. The van der Waals surface area contributed by atoms with Crippen LogP contribution < -0.4 is 5.32 Å². The number of hydrogen-bond donors (Lipinski definition) is 1. The molecule has 0 aliphatic carbocycles. The molecule has 5 nitrogen and oxygen atoms in total. The van der Waals surface area contributed by atoms with Gasteiger partial charge in [0.1, 0.15) is 11.5 Å². The van der Waals surface area contributed by atoms with Crippen LogP contribution in [0.25, 0.3) is 0 Å². The van der Waals surface area contributed by atoms with Crippen molar-refractivity contribution in [3.8, 4) is 0 Å². The second kappa shape index (κ2) is 3.53. The van der Waals surface area contributed by atoms with E-state index in [4.69, 9.17) is 4.74 Å². The Morgan fingerprint density at radius 3 is 3.43 bits per heavy atom. The number of nitrogens with one attached hydrogen (secondary N) is 1. The van der Waals surface area contributed by atoms with E-state index < -0.39 is 0 Å². The van der Waals surface area contributed by atoms with Crippen molar-refractivity contribution in [3.63, 3.8) is 0 Å². The monoisotopic (exact) mass is 193 g/mol. The number of rotatable bonds is 2. The van der Waals surface area contributed by atoms with Gasteiger partial charge in [-0.1, -0.05) is 0 Å². The largest absolute Gasteiger partial charge is 0.461 e. The summed E-state index contributed by atoms with van der Waals surface area (Å²) in [6.07, 6.45) is 3.45. The fourth-order valence-corrected chi connectivity index (χ4v) is 1.29. The second-order valence-corrected chi connectivity index (χ2v) is 2.86. The number of allylic oxidation sites excluding steroid dienone is 1. The van der Waals surface area contributed by atoms with E-state index in [1.807, 2.05) is 6.07 Å². The van der Waals surface area contributed by atoms with Crippen LogP contribution in [0.1, 0.15) is 6.92 Å². The Bertz CT molecular complexity index is 381. The maximum Gasteiger partial charge on any atom is 0.354 e. The quantitative estimate of drug-likeness (QED) is 0.704. The molecule has 2 heterocycles. The first kappa shape index (κ1) is 8.80. The number of fused-ring (bicyclic) bond motifs is 1. The molecule has 14 heavy (non-hydrogen) atoms. The minimum absolute atomic E-state index is 0.319. The molecular formula is C9H11N3O2. The molecule has 0 saturated carbocycles. The third kappa shape index (κ3) is 1.48. The number of carbonyl (C=O) groups excluding carboxylic acids is 1. The molecule has 0 bridgehead atoms. The molecular weight excluding hydrogens is 182 g/mol. The van der Waals surface area contributed by atoms with Crippen molar-refractivity contribution in [2.24, 2.45) is 0 Å². The molecule has 0 amide bonds. The molecule has 1 aromatic rings. The highest BCUT2D eigenvalue weighted by molar-refractivity contribution is 5.91. The van der Waals surface area contributed by atoms with Gasteiger partial charge in [0.25, 0.3) is 0 Å². The maximum atomic E-state index is 11.3. The number of esters is 1. The van der Waals surface area contributed by atoms with Crippen LogP contribution in [0, 0.1) is 0 Å². The van der Waals surface area contributed by atoms with Gasteiger partial charge in [-0.05, 0) is 13.0 Å². The van der Waals surface area contributed by atoms with Crippen molar-refractivity contribution in [1.29, 1.82) is 0 Å². The summed E-state index contributed by atoms with van der Waals surface area (Å²) in [5, 5.41) is 7.00. The molecule has 74 valence electrons. The zero-order chi connectivity index (χ0) is 9.97. The van der Waals surface area contributed by atoms with Crippen LogP contribution in [0.15, 0.2) is 24.0 Å². The first-order chi connectivity index (χ1) is 6.81. The molecule has 1 aliphatic rings. The zero-order valence-electron chi connectivity index (χ0n) is 7.86. The molecule has 1 aromatic heterocycles. The van der Waals surface area contributed by atoms with Gasteiger partial charge in [-0.25, -0.2) is 9.48 Å². The Morgan fingerprint density at radius 2 is 2.64 bits per heavy atom. The van der Waals surface area contributed by atoms with Crippen molar-refractivity contribution in [3.05, 3.63) is 24.0 Å². The van der Waals surface area contributed by atoms with Crippen molar-refractivity contribution >= 4 is 11.8 Å². The average molecular weight is 193 g/mol. The third-order valence-electron chi connectivity index (χ3n) is 1.94. The van der Waals surface area contributed by atoms with Crippen LogP contribution in [-0.4, -0.2) is 22.4 Å². The highest BCUT2D eigenvalue weighted by Crippen LogP contribution is 2.15. The van der Waals surface area contributed by atoms with Gasteiger partial charge in [0.15, 0.2) is 0 Å². The highest BCUT2D eigenvalue weighted by Gasteiger charge is 2.16. The van der Waals surface area contributed by atoms with E-state index in [9.17, 15) is 4.79 Å². The third-order valence-corrected chi connectivity index (χ3v) is 1.94. The molecule has 1 aliphatic heterocycles. The maximum absolute atomic E-state index is 11.3. The fraction of sp³-hybridized carbons (Fsp3) is 0.333. The number of anilines is 1. The standard InChI is InChI=1S/C9H11N3O2/c1-2-14-9(13)7-4-6-12-8(11-7)3-5-10-12/h3-5,11H,2,6H2,1H3. The second-order valence-electron chi connectivity index (χ2n) is 2.86. The first-order valence-corrected chi connectivity index (χ1v) is 4.47. The Hall–Kier alpha value is -1.78. The molecule has 0 fully saturated rings. The Kier molecular flexibility index (Phi) is 2.22. The van der Waals surface area contributed by atoms with Crippen LogP contribution in [0.4, 0.5) is 5.82 Å². The summed E-state index contributed by atoms with van der Waals surface area (Å²) in [6.45, 7) is 2.77. The molecule has 5 heteroatoms. The van der Waals surface area contributed by atoms with Crippen LogP contribution >= 0.6 is 0 Å². The van der Waals surface area contributed by atoms with Crippen molar-refractivity contribution < 1.29 is 9.53 Å². The lowest BCUT2D eigenvalue weighted by Crippen LogP contribution is -2.21. The summed E-state index contributed by atoms with van der Waals surface area (Å²) < 4.78 is 6.64. The number of carbonyl (C=O) groups is 1. The normalized spacial score (nSPS) is 13.9. The minimum atomic E-state index is -0.319. The predicted molar refractivity (Wildman–Crippen MR) is 50.6 cm³/mol. The summed E-state index contributed by atoms with van der Waals surface area (Å²) in [5.41, 5.74) is 0.486. The number of nitrogens with zero attached hydrogens (tertiary/aromatic N) is 2. The molecule has 2 rings (SSSR count). The number of hydrogen-bond acceptors (Lipinski definition) is 4. The Labute approximate surface area is 81.4 Å².